The molecule has 5 rings (SSSR count). The number of anilines is 2. The van der Waals surface area contributed by atoms with E-state index in [9.17, 15) is 9.18 Å². The number of carbonyl (C=O) groups is 1. The summed E-state index contributed by atoms with van der Waals surface area (Å²) >= 11 is 1.25. The minimum Gasteiger partial charge on any atom is -0.488 e. The standard InChI is InChI=1S/C23H21FN6O2S/c24-14-1-3-15(4-2-14)28-21(31)22-30-20-18(32-16-5-8-26-9-6-16)11-13(12-19(20)33-22)17-7-10-27-23(25)29-17/h1-4,7,10-12,16,26H,5-6,8-9H2,(H,28,31)(H2,25,27,29). The number of ether oxygens (including phenoxy) is 1. The van der Waals surface area contributed by atoms with Crippen LogP contribution in [0.5, 0.6) is 5.75 Å². The maximum atomic E-state index is 13.2. The lowest BCUT2D eigenvalue weighted by molar-refractivity contribution is 0.102. The highest BCUT2D eigenvalue weighted by atomic mass is 32.1. The Bertz CT molecular complexity index is 1300. The summed E-state index contributed by atoms with van der Waals surface area (Å²) in [6.07, 6.45) is 3.42. The lowest BCUT2D eigenvalue weighted by Gasteiger charge is -2.24. The molecule has 1 fully saturated rings. The first-order chi connectivity index (χ1) is 16.0. The van der Waals surface area contributed by atoms with Crippen molar-refractivity contribution in [2.75, 3.05) is 24.1 Å². The summed E-state index contributed by atoms with van der Waals surface area (Å²) in [6, 6.07) is 11.2. The first-order valence-electron chi connectivity index (χ1n) is 10.5. The molecule has 0 atom stereocenters. The Morgan fingerprint density at radius 2 is 1.94 bits per heavy atom. The number of fused-ring (bicyclic) bond motifs is 1. The fraction of sp³-hybridized carbons (Fsp3) is 0.217. The number of nitrogens with two attached hydrogens (primary N) is 1. The van der Waals surface area contributed by atoms with Crippen molar-refractivity contribution < 1.29 is 13.9 Å². The number of aromatic nitrogens is 3. The first-order valence-corrected chi connectivity index (χ1v) is 11.3. The number of benzene rings is 2. The van der Waals surface area contributed by atoms with Gasteiger partial charge in [-0.2, -0.15) is 0 Å². The highest BCUT2D eigenvalue weighted by Gasteiger charge is 2.21. The van der Waals surface area contributed by atoms with Crippen molar-refractivity contribution in [3.05, 3.63) is 59.5 Å². The van der Waals surface area contributed by atoms with E-state index < -0.39 is 0 Å². The lowest BCUT2D eigenvalue weighted by Crippen LogP contribution is -2.34. The molecule has 1 aliphatic heterocycles. The predicted molar refractivity (Wildman–Crippen MR) is 126 cm³/mol. The third-order valence-electron chi connectivity index (χ3n) is 5.31. The van der Waals surface area contributed by atoms with Crippen LogP contribution in [-0.2, 0) is 0 Å². The molecule has 33 heavy (non-hydrogen) atoms. The number of hydrogen-bond acceptors (Lipinski definition) is 8. The molecule has 0 aliphatic carbocycles. The fourth-order valence-corrected chi connectivity index (χ4v) is 4.60. The van der Waals surface area contributed by atoms with Crippen LogP contribution >= 0.6 is 11.3 Å². The second-order valence-electron chi connectivity index (χ2n) is 7.67. The molecule has 2 aromatic carbocycles. The molecule has 4 aromatic rings. The molecule has 1 aliphatic rings. The minimum atomic E-state index is -0.372. The summed E-state index contributed by atoms with van der Waals surface area (Å²) in [6.45, 7) is 1.77. The van der Waals surface area contributed by atoms with Crippen molar-refractivity contribution in [2.24, 2.45) is 0 Å². The van der Waals surface area contributed by atoms with E-state index in [0.29, 0.717) is 22.6 Å². The van der Waals surface area contributed by atoms with E-state index in [2.05, 4.69) is 25.6 Å². The van der Waals surface area contributed by atoms with Crippen LogP contribution in [0, 0.1) is 5.82 Å². The van der Waals surface area contributed by atoms with Crippen LogP contribution in [0.15, 0.2) is 48.7 Å². The summed E-state index contributed by atoms with van der Waals surface area (Å²) in [4.78, 5) is 25.7. The molecule has 4 N–H and O–H groups in total. The van der Waals surface area contributed by atoms with Crippen molar-refractivity contribution in [3.8, 4) is 17.0 Å². The van der Waals surface area contributed by atoms with Crippen LogP contribution < -0.4 is 21.1 Å². The van der Waals surface area contributed by atoms with Gasteiger partial charge < -0.3 is 21.1 Å². The van der Waals surface area contributed by atoms with Crippen LogP contribution in [0.4, 0.5) is 16.0 Å². The van der Waals surface area contributed by atoms with E-state index in [1.165, 1.54) is 35.6 Å². The van der Waals surface area contributed by atoms with Crippen LogP contribution in [0.3, 0.4) is 0 Å². The van der Waals surface area contributed by atoms with Gasteiger partial charge in [-0.1, -0.05) is 0 Å². The van der Waals surface area contributed by atoms with Gasteiger partial charge in [-0.3, -0.25) is 4.79 Å². The van der Waals surface area contributed by atoms with Crippen LogP contribution in [0.1, 0.15) is 22.6 Å². The highest BCUT2D eigenvalue weighted by molar-refractivity contribution is 7.20. The number of nitrogens with zero attached hydrogens (tertiary/aromatic N) is 3. The number of piperidine rings is 1. The van der Waals surface area contributed by atoms with Gasteiger partial charge in [0.25, 0.3) is 5.91 Å². The molecule has 8 nitrogen and oxygen atoms in total. The SMILES string of the molecule is Nc1nccc(-c2cc(OC3CCNCC3)c3nc(C(=O)Nc4ccc(F)cc4)sc3c2)n1. The maximum Gasteiger partial charge on any atom is 0.284 e. The van der Waals surface area contributed by atoms with Crippen molar-refractivity contribution >= 4 is 39.1 Å². The van der Waals surface area contributed by atoms with E-state index in [0.717, 1.165) is 36.2 Å². The third-order valence-corrected chi connectivity index (χ3v) is 6.31. The summed E-state index contributed by atoms with van der Waals surface area (Å²) in [5.74, 6) is 0.0368. The third kappa shape index (κ3) is 4.76. The summed E-state index contributed by atoms with van der Waals surface area (Å²) in [7, 11) is 0. The quantitative estimate of drug-likeness (QED) is 0.411. The molecular formula is C23H21FN6O2S. The molecule has 10 heteroatoms. The Balaban J connectivity index is 1.52. The molecule has 0 unspecified atom stereocenters. The van der Waals surface area contributed by atoms with Crippen molar-refractivity contribution in [2.45, 2.75) is 18.9 Å². The number of nitrogen functional groups attached to an aromatic ring is 1. The van der Waals surface area contributed by atoms with Gasteiger partial charge in [-0.05, 0) is 68.4 Å². The average Bonchev–Trinajstić information content (AvgIpc) is 3.26. The molecule has 3 heterocycles. The van der Waals surface area contributed by atoms with E-state index in [1.807, 2.05) is 12.1 Å². The van der Waals surface area contributed by atoms with Crippen molar-refractivity contribution in [1.29, 1.82) is 0 Å². The second-order valence-corrected chi connectivity index (χ2v) is 8.70. The molecule has 0 bridgehead atoms. The number of rotatable bonds is 5. The first kappa shape index (κ1) is 21.2. The van der Waals surface area contributed by atoms with Gasteiger partial charge in [0, 0.05) is 17.4 Å². The zero-order chi connectivity index (χ0) is 22.8. The van der Waals surface area contributed by atoms with Crippen molar-refractivity contribution in [1.82, 2.24) is 20.3 Å². The predicted octanol–water partition coefficient (Wildman–Crippen LogP) is 3.86. The van der Waals surface area contributed by atoms with Crippen molar-refractivity contribution in [3.63, 3.8) is 0 Å². The zero-order valence-corrected chi connectivity index (χ0v) is 18.4. The van der Waals surface area contributed by atoms with Crippen LogP contribution in [-0.4, -0.2) is 40.1 Å². The van der Waals surface area contributed by atoms with Crippen LogP contribution in [0.25, 0.3) is 21.5 Å². The summed E-state index contributed by atoms with van der Waals surface area (Å²) in [5, 5.41) is 6.36. The Morgan fingerprint density at radius 3 is 2.70 bits per heavy atom. The van der Waals surface area contributed by atoms with Gasteiger partial charge in [0.05, 0.1) is 10.4 Å². The van der Waals surface area contributed by atoms with E-state index in [1.54, 1.807) is 12.3 Å². The highest BCUT2D eigenvalue weighted by Crippen LogP contribution is 2.36. The molecule has 0 spiro atoms. The minimum absolute atomic E-state index is 0.0540. The van der Waals surface area contributed by atoms with Gasteiger partial charge in [0.15, 0.2) is 5.01 Å². The van der Waals surface area contributed by atoms with E-state index >= 15 is 0 Å². The Morgan fingerprint density at radius 1 is 1.15 bits per heavy atom. The Labute approximate surface area is 193 Å². The van der Waals surface area contributed by atoms with E-state index in [4.69, 9.17) is 10.5 Å². The summed E-state index contributed by atoms with van der Waals surface area (Å²) < 4.78 is 20.3. The van der Waals surface area contributed by atoms with E-state index in [-0.39, 0.29) is 28.8 Å². The normalized spacial score (nSPS) is 14.3. The lowest BCUT2D eigenvalue weighted by atomic mass is 10.1. The van der Waals surface area contributed by atoms with Gasteiger partial charge in [-0.25, -0.2) is 19.3 Å². The number of amides is 1. The Hall–Kier alpha value is -3.63. The number of halogens is 1. The number of hydrogen-bond donors (Lipinski definition) is 3. The number of carbonyl (C=O) groups excluding carboxylic acids is 1. The van der Waals surface area contributed by atoms with Crippen LogP contribution in [0.2, 0.25) is 0 Å². The summed E-state index contributed by atoms with van der Waals surface area (Å²) in [5.41, 5.74) is 8.34. The molecule has 0 radical (unpaired) electrons. The van der Waals surface area contributed by atoms with Gasteiger partial charge in [0.2, 0.25) is 5.95 Å². The topological polar surface area (TPSA) is 115 Å². The second kappa shape index (κ2) is 9.08. The number of thiazole rings is 1. The van der Waals surface area contributed by atoms with Gasteiger partial charge in [0.1, 0.15) is 23.2 Å². The Kier molecular flexibility index (Phi) is 5.84. The molecule has 168 valence electrons. The fourth-order valence-electron chi connectivity index (χ4n) is 3.68. The zero-order valence-electron chi connectivity index (χ0n) is 17.5. The number of nitrogens with one attached hydrogen (secondary N) is 2. The molecule has 1 saturated heterocycles. The average molecular weight is 465 g/mol. The molecular weight excluding hydrogens is 443 g/mol. The smallest absolute Gasteiger partial charge is 0.284 e. The molecule has 0 saturated carbocycles. The largest absolute Gasteiger partial charge is 0.488 e. The maximum absolute atomic E-state index is 13.2. The van der Waals surface area contributed by atoms with Gasteiger partial charge >= 0.3 is 0 Å². The molecule has 2 aromatic heterocycles. The van der Waals surface area contributed by atoms with Gasteiger partial charge in [-0.15, -0.1) is 11.3 Å². The molecule has 1 amide bonds. The monoisotopic (exact) mass is 464 g/mol.